The Morgan fingerprint density at radius 2 is 1.83 bits per heavy atom. The molecule has 2 atom stereocenters. The summed E-state index contributed by atoms with van der Waals surface area (Å²) in [6.45, 7) is 1.93. The summed E-state index contributed by atoms with van der Waals surface area (Å²) in [6, 6.07) is 1.91. The molecule has 0 bridgehead atoms. The number of ether oxygens (including phenoxy) is 2. The summed E-state index contributed by atoms with van der Waals surface area (Å²) in [6.07, 6.45) is 0.529. The monoisotopic (exact) mass is 257 g/mol. The largest absolute Gasteiger partial charge is 0.493 e. The van der Waals surface area contributed by atoms with E-state index in [0.717, 1.165) is 6.42 Å². The van der Waals surface area contributed by atoms with Crippen LogP contribution in [0.2, 0.25) is 0 Å². The second kappa shape index (κ2) is 6.56. The lowest BCUT2D eigenvalue weighted by Gasteiger charge is -2.20. The highest BCUT2D eigenvalue weighted by Crippen LogP contribution is 2.33. The Morgan fingerprint density at radius 3 is 2.33 bits per heavy atom. The van der Waals surface area contributed by atoms with Crippen molar-refractivity contribution in [3.8, 4) is 11.5 Å². The van der Waals surface area contributed by atoms with E-state index in [1.54, 1.807) is 0 Å². The maximum absolute atomic E-state index is 13.9. The minimum Gasteiger partial charge on any atom is -0.493 e. The molecule has 0 spiro atoms. The van der Waals surface area contributed by atoms with Gasteiger partial charge in [0.15, 0.2) is 11.5 Å². The number of hydrogen-bond donors (Lipinski definition) is 2. The van der Waals surface area contributed by atoms with Crippen molar-refractivity contribution in [2.75, 3.05) is 14.2 Å². The van der Waals surface area contributed by atoms with E-state index < -0.39 is 18.0 Å². The Morgan fingerprint density at radius 1 is 1.28 bits per heavy atom. The number of hydrogen-bond acceptors (Lipinski definition) is 4. The molecule has 4 nitrogen and oxygen atoms in total. The Kier molecular flexibility index (Phi) is 5.37. The fraction of sp³-hybridized carbons (Fsp3) is 0.538. The summed E-state index contributed by atoms with van der Waals surface area (Å²) in [5.41, 5.74) is 6.08. The van der Waals surface area contributed by atoms with Crippen molar-refractivity contribution in [2.24, 2.45) is 5.73 Å². The van der Waals surface area contributed by atoms with E-state index in [2.05, 4.69) is 0 Å². The van der Waals surface area contributed by atoms with Crippen LogP contribution in [0.1, 0.15) is 31.4 Å². The van der Waals surface area contributed by atoms with Gasteiger partial charge in [-0.05, 0) is 12.5 Å². The normalized spacial score (nSPS) is 14.1. The third-order valence-corrected chi connectivity index (χ3v) is 2.86. The molecule has 1 rings (SSSR count). The van der Waals surface area contributed by atoms with Gasteiger partial charge in [0.2, 0.25) is 0 Å². The molecule has 0 aliphatic heterocycles. The minimum absolute atomic E-state index is 0.230. The number of aliphatic hydroxyl groups is 1. The molecule has 0 radical (unpaired) electrons. The van der Waals surface area contributed by atoms with Gasteiger partial charge >= 0.3 is 0 Å². The topological polar surface area (TPSA) is 64.7 Å². The van der Waals surface area contributed by atoms with Gasteiger partial charge in [0.25, 0.3) is 0 Å². The number of halogens is 1. The zero-order valence-corrected chi connectivity index (χ0v) is 10.9. The molecule has 3 N–H and O–H groups in total. The van der Waals surface area contributed by atoms with E-state index in [9.17, 15) is 9.50 Å². The van der Waals surface area contributed by atoms with Gasteiger partial charge in [-0.1, -0.05) is 13.3 Å². The molecule has 0 aliphatic rings. The second-order valence-corrected chi connectivity index (χ2v) is 4.11. The second-order valence-electron chi connectivity index (χ2n) is 4.11. The lowest BCUT2D eigenvalue weighted by Crippen LogP contribution is -2.27. The van der Waals surface area contributed by atoms with Gasteiger partial charge in [0, 0.05) is 11.6 Å². The summed E-state index contributed by atoms with van der Waals surface area (Å²) >= 11 is 0. The maximum Gasteiger partial charge on any atom is 0.163 e. The molecular weight excluding hydrogens is 237 g/mol. The van der Waals surface area contributed by atoms with E-state index in [4.69, 9.17) is 15.2 Å². The van der Waals surface area contributed by atoms with Gasteiger partial charge in [-0.25, -0.2) is 4.39 Å². The minimum atomic E-state index is -0.775. The lowest BCUT2D eigenvalue weighted by molar-refractivity contribution is 0.132. The SMILES string of the molecule is CCC[C@H](O)[C@H](N)c1cc(OC)c(OC)cc1F. The van der Waals surface area contributed by atoms with Crippen molar-refractivity contribution < 1.29 is 19.0 Å². The van der Waals surface area contributed by atoms with Gasteiger partial charge in [-0.15, -0.1) is 0 Å². The molecule has 0 saturated carbocycles. The molecule has 18 heavy (non-hydrogen) atoms. The third kappa shape index (κ3) is 3.11. The van der Waals surface area contributed by atoms with E-state index in [1.165, 1.54) is 26.4 Å². The van der Waals surface area contributed by atoms with Crippen molar-refractivity contribution in [3.63, 3.8) is 0 Å². The van der Waals surface area contributed by atoms with Gasteiger partial charge in [-0.3, -0.25) is 0 Å². The van der Waals surface area contributed by atoms with Gasteiger partial charge < -0.3 is 20.3 Å². The van der Waals surface area contributed by atoms with Gasteiger partial charge in [-0.2, -0.15) is 0 Å². The molecule has 0 unspecified atom stereocenters. The molecule has 1 aromatic carbocycles. The smallest absolute Gasteiger partial charge is 0.163 e. The standard InChI is InChI=1S/C13H20FNO3/c1-4-5-10(16)13(15)8-6-11(17-2)12(18-3)7-9(8)14/h6-7,10,13,16H,4-5,15H2,1-3H3/t10-,13+/m0/s1. The van der Waals surface area contributed by atoms with Crippen molar-refractivity contribution in [2.45, 2.75) is 31.9 Å². The summed E-state index contributed by atoms with van der Waals surface area (Å²) in [7, 11) is 2.90. The van der Waals surface area contributed by atoms with Crippen LogP contribution in [0.5, 0.6) is 11.5 Å². The van der Waals surface area contributed by atoms with Gasteiger partial charge in [0.1, 0.15) is 5.82 Å². The average Bonchev–Trinajstić information content (AvgIpc) is 2.37. The summed E-state index contributed by atoms with van der Waals surface area (Å²) < 4.78 is 24.0. The zero-order chi connectivity index (χ0) is 13.7. The molecule has 0 amide bonds. The van der Waals surface area contributed by atoms with Crippen LogP contribution < -0.4 is 15.2 Å². The van der Waals surface area contributed by atoms with Crippen LogP contribution in [0.15, 0.2) is 12.1 Å². The van der Waals surface area contributed by atoms with E-state index in [0.29, 0.717) is 17.9 Å². The quantitative estimate of drug-likeness (QED) is 0.818. The third-order valence-electron chi connectivity index (χ3n) is 2.86. The lowest BCUT2D eigenvalue weighted by atomic mass is 9.98. The van der Waals surface area contributed by atoms with Crippen molar-refractivity contribution in [3.05, 3.63) is 23.5 Å². The number of aliphatic hydroxyl groups excluding tert-OH is 1. The van der Waals surface area contributed by atoms with Crippen LogP contribution in [-0.2, 0) is 0 Å². The number of nitrogens with two attached hydrogens (primary N) is 1. The van der Waals surface area contributed by atoms with Crippen LogP contribution in [0, 0.1) is 5.82 Å². The molecule has 0 aliphatic carbocycles. The van der Waals surface area contributed by atoms with Crippen LogP contribution >= 0.6 is 0 Å². The van der Waals surface area contributed by atoms with Crippen molar-refractivity contribution in [1.29, 1.82) is 0 Å². The molecular formula is C13H20FNO3. The summed E-state index contributed by atoms with van der Waals surface area (Å²) in [5.74, 6) is 0.194. The first-order valence-electron chi connectivity index (χ1n) is 5.90. The predicted octanol–water partition coefficient (Wildman–Crippen LogP) is 2.00. The average molecular weight is 257 g/mol. The first-order valence-corrected chi connectivity index (χ1v) is 5.90. The highest BCUT2D eigenvalue weighted by atomic mass is 19.1. The summed E-state index contributed by atoms with van der Waals surface area (Å²) in [5, 5.41) is 9.82. The molecule has 102 valence electrons. The van der Waals surface area contributed by atoms with Crippen molar-refractivity contribution >= 4 is 0 Å². The Bertz CT molecular complexity index is 398. The molecule has 0 fully saturated rings. The number of methoxy groups -OCH3 is 2. The fourth-order valence-electron chi connectivity index (χ4n) is 1.81. The van der Waals surface area contributed by atoms with Crippen LogP contribution in [0.4, 0.5) is 4.39 Å². The number of benzene rings is 1. The number of rotatable bonds is 6. The highest BCUT2D eigenvalue weighted by molar-refractivity contribution is 5.44. The Labute approximate surface area is 107 Å². The first-order chi connectivity index (χ1) is 8.54. The van der Waals surface area contributed by atoms with E-state index in [-0.39, 0.29) is 5.56 Å². The molecule has 5 heteroatoms. The van der Waals surface area contributed by atoms with Crippen LogP contribution in [-0.4, -0.2) is 25.4 Å². The van der Waals surface area contributed by atoms with Crippen molar-refractivity contribution in [1.82, 2.24) is 0 Å². The molecule has 0 saturated heterocycles. The zero-order valence-electron chi connectivity index (χ0n) is 10.9. The van der Waals surface area contributed by atoms with E-state index in [1.807, 2.05) is 6.92 Å². The van der Waals surface area contributed by atoms with Gasteiger partial charge in [0.05, 0.1) is 26.4 Å². The highest BCUT2D eigenvalue weighted by Gasteiger charge is 2.22. The Balaban J connectivity index is 3.08. The van der Waals surface area contributed by atoms with Crippen LogP contribution in [0.25, 0.3) is 0 Å². The Hall–Kier alpha value is -1.33. The molecule has 1 aromatic rings. The van der Waals surface area contributed by atoms with Crippen LogP contribution in [0.3, 0.4) is 0 Å². The van der Waals surface area contributed by atoms with E-state index >= 15 is 0 Å². The molecule has 0 heterocycles. The first kappa shape index (κ1) is 14.7. The fourth-order valence-corrected chi connectivity index (χ4v) is 1.81. The maximum atomic E-state index is 13.9. The summed E-state index contributed by atoms with van der Waals surface area (Å²) in [4.78, 5) is 0. The predicted molar refractivity (Wildman–Crippen MR) is 67.3 cm³/mol. The molecule has 0 aromatic heterocycles.